The second kappa shape index (κ2) is 7.07. The lowest BCUT2D eigenvalue weighted by Gasteiger charge is -2.00. The minimum atomic E-state index is 0.846. The monoisotopic (exact) mass is 428 g/mol. The van der Waals surface area contributed by atoms with E-state index in [1.807, 2.05) is 36.4 Å². The van der Waals surface area contributed by atoms with E-state index in [1.165, 1.54) is 0 Å². The van der Waals surface area contributed by atoms with Crippen LogP contribution in [-0.2, 0) is 0 Å². The zero-order valence-corrected chi connectivity index (χ0v) is 16.5. The molecule has 2 aromatic heterocycles. The molecule has 6 heteroatoms. The van der Waals surface area contributed by atoms with E-state index in [-0.39, 0.29) is 0 Å². The quantitative estimate of drug-likeness (QED) is 0.378. The average molecular weight is 429 g/mol. The molecule has 0 spiro atoms. The molecule has 0 aliphatic heterocycles. The number of methoxy groups -OCH3 is 1. The molecule has 25 heavy (non-hydrogen) atoms. The molecule has 0 N–H and O–H groups in total. The SMILES string of the molecule is COc1ccc(-c2csc(-c3nc(-c4ccc(Br)cc4)cs3)n2)cc1. The van der Waals surface area contributed by atoms with Gasteiger partial charge in [-0.25, -0.2) is 9.97 Å². The second-order valence-electron chi connectivity index (χ2n) is 5.31. The molecule has 0 bridgehead atoms. The minimum Gasteiger partial charge on any atom is -0.497 e. The van der Waals surface area contributed by atoms with Gasteiger partial charge in [-0.05, 0) is 36.4 Å². The molecule has 0 aliphatic carbocycles. The zero-order chi connectivity index (χ0) is 17.2. The number of hydrogen-bond donors (Lipinski definition) is 0. The number of thiazole rings is 2. The van der Waals surface area contributed by atoms with Crippen molar-refractivity contribution >= 4 is 38.6 Å². The lowest BCUT2D eigenvalue weighted by molar-refractivity contribution is 0.415. The van der Waals surface area contributed by atoms with E-state index in [0.717, 1.165) is 42.8 Å². The van der Waals surface area contributed by atoms with Crippen LogP contribution < -0.4 is 4.74 Å². The Hall–Kier alpha value is -2.02. The fourth-order valence-corrected chi connectivity index (χ4v) is 4.36. The van der Waals surface area contributed by atoms with Crippen molar-refractivity contribution in [1.82, 2.24) is 9.97 Å². The number of halogens is 1. The van der Waals surface area contributed by atoms with Crippen LogP contribution in [0.5, 0.6) is 5.75 Å². The molecule has 124 valence electrons. The Bertz CT molecular complexity index is 991. The number of aromatic nitrogens is 2. The lowest BCUT2D eigenvalue weighted by atomic mass is 10.2. The summed E-state index contributed by atoms with van der Waals surface area (Å²) in [4.78, 5) is 9.49. The number of hydrogen-bond acceptors (Lipinski definition) is 5. The van der Waals surface area contributed by atoms with Crippen molar-refractivity contribution in [2.75, 3.05) is 7.11 Å². The van der Waals surface area contributed by atoms with E-state index in [4.69, 9.17) is 14.7 Å². The van der Waals surface area contributed by atoms with Gasteiger partial charge in [0.25, 0.3) is 0 Å². The van der Waals surface area contributed by atoms with Crippen LogP contribution in [0.1, 0.15) is 0 Å². The lowest BCUT2D eigenvalue weighted by Crippen LogP contribution is -1.83. The van der Waals surface area contributed by atoms with Gasteiger partial charge in [0.1, 0.15) is 5.75 Å². The Morgan fingerprint density at radius 1 is 0.760 bits per heavy atom. The molecule has 0 saturated heterocycles. The Morgan fingerprint density at radius 2 is 1.24 bits per heavy atom. The number of benzene rings is 2. The molecule has 3 nitrogen and oxygen atoms in total. The van der Waals surface area contributed by atoms with Gasteiger partial charge in [-0.3, -0.25) is 0 Å². The zero-order valence-electron chi connectivity index (χ0n) is 13.3. The number of nitrogens with zero attached hydrogens (tertiary/aromatic N) is 2. The smallest absolute Gasteiger partial charge is 0.152 e. The van der Waals surface area contributed by atoms with Crippen LogP contribution in [0.3, 0.4) is 0 Å². The van der Waals surface area contributed by atoms with E-state index >= 15 is 0 Å². The molecule has 0 fully saturated rings. The van der Waals surface area contributed by atoms with Crippen molar-refractivity contribution in [2.45, 2.75) is 0 Å². The van der Waals surface area contributed by atoms with Gasteiger partial charge in [-0.1, -0.05) is 28.1 Å². The minimum absolute atomic E-state index is 0.846. The van der Waals surface area contributed by atoms with Gasteiger partial charge in [0, 0.05) is 26.4 Å². The van der Waals surface area contributed by atoms with Crippen LogP contribution in [0.4, 0.5) is 0 Å². The van der Waals surface area contributed by atoms with Crippen LogP contribution in [0.2, 0.25) is 0 Å². The van der Waals surface area contributed by atoms with Crippen molar-refractivity contribution < 1.29 is 4.74 Å². The molecule has 2 aromatic carbocycles. The standard InChI is InChI=1S/C19H13BrN2OS2/c1-23-15-8-4-13(5-9-15)17-11-25-19(22-17)18-21-16(10-24-18)12-2-6-14(20)7-3-12/h2-11H,1H3. The highest BCUT2D eigenvalue weighted by Gasteiger charge is 2.11. The molecule has 0 atom stereocenters. The number of rotatable bonds is 4. The first-order chi connectivity index (χ1) is 12.2. The molecular weight excluding hydrogens is 416 g/mol. The molecule has 2 heterocycles. The molecular formula is C19H13BrN2OS2. The maximum absolute atomic E-state index is 5.20. The summed E-state index contributed by atoms with van der Waals surface area (Å²) in [5.74, 6) is 0.846. The largest absolute Gasteiger partial charge is 0.497 e. The summed E-state index contributed by atoms with van der Waals surface area (Å²) < 4.78 is 6.27. The third-order valence-electron chi connectivity index (χ3n) is 3.72. The average Bonchev–Trinajstić information content (AvgIpc) is 3.32. The molecule has 0 amide bonds. The normalized spacial score (nSPS) is 10.8. The van der Waals surface area contributed by atoms with Crippen LogP contribution in [0.15, 0.2) is 63.8 Å². The highest BCUT2D eigenvalue weighted by atomic mass is 79.9. The van der Waals surface area contributed by atoms with Crippen molar-refractivity contribution in [1.29, 1.82) is 0 Å². The molecule has 4 rings (SSSR count). The second-order valence-corrected chi connectivity index (χ2v) is 7.94. The van der Waals surface area contributed by atoms with Gasteiger partial charge >= 0.3 is 0 Å². The predicted octanol–water partition coefficient (Wildman–Crippen LogP) is 6.37. The van der Waals surface area contributed by atoms with Crippen molar-refractivity contribution in [3.05, 3.63) is 63.8 Å². The van der Waals surface area contributed by atoms with Crippen LogP contribution in [0.25, 0.3) is 32.5 Å². The fourth-order valence-electron chi connectivity index (χ4n) is 2.39. The summed E-state index contributed by atoms with van der Waals surface area (Å²) in [6.07, 6.45) is 0. The predicted molar refractivity (Wildman–Crippen MR) is 108 cm³/mol. The maximum atomic E-state index is 5.20. The maximum Gasteiger partial charge on any atom is 0.152 e. The topological polar surface area (TPSA) is 35.0 Å². The highest BCUT2D eigenvalue weighted by Crippen LogP contribution is 2.33. The number of ether oxygens (including phenoxy) is 1. The van der Waals surface area contributed by atoms with Gasteiger partial charge in [0.2, 0.25) is 0 Å². The van der Waals surface area contributed by atoms with Gasteiger partial charge in [0.05, 0.1) is 18.5 Å². The summed E-state index contributed by atoms with van der Waals surface area (Å²) in [6.45, 7) is 0. The van der Waals surface area contributed by atoms with Crippen molar-refractivity contribution in [3.8, 4) is 38.3 Å². The van der Waals surface area contributed by atoms with E-state index < -0.39 is 0 Å². The summed E-state index contributed by atoms with van der Waals surface area (Å²) >= 11 is 6.70. The van der Waals surface area contributed by atoms with Crippen LogP contribution >= 0.6 is 38.6 Å². The Labute approximate surface area is 162 Å². The van der Waals surface area contributed by atoms with Crippen LogP contribution in [0, 0.1) is 0 Å². The molecule has 0 aliphatic rings. The Kier molecular flexibility index (Phi) is 4.65. The Morgan fingerprint density at radius 3 is 1.72 bits per heavy atom. The summed E-state index contributed by atoms with van der Waals surface area (Å²) in [6, 6.07) is 16.1. The van der Waals surface area contributed by atoms with E-state index in [2.05, 4.69) is 38.8 Å². The first-order valence-corrected chi connectivity index (χ1v) is 10.1. The first-order valence-electron chi connectivity index (χ1n) is 7.55. The molecule has 4 aromatic rings. The first kappa shape index (κ1) is 16.4. The van der Waals surface area contributed by atoms with Crippen molar-refractivity contribution in [3.63, 3.8) is 0 Å². The fraction of sp³-hybridized carbons (Fsp3) is 0.0526. The molecule has 0 unspecified atom stereocenters. The van der Waals surface area contributed by atoms with Crippen LogP contribution in [-0.4, -0.2) is 17.1 Å². The van der Waals surface area contributed by atoms with E-state index in [1.54, 1.807) is 29.8 Å². The van der Waals surface area contributed by atoms with Gasteiger partial charge in [-0.2, -0.15) is 0 Å². The summed E-state index contributed by atoms with van der Waals surface area (Å²) in [5, 5.41) is 6.03. The molecule has 0 saturated carbocycles. The molecule has 0 radical (unpaired) electrons. The summed E-state index contributed by atoms with van der Waals surface area (Å²) in [7, 11) is 1.67. The van der Waals surface area contributed by atoms with Gasteiger partial charge < -0.3 is 4.74 Å². The Balaban J connectivity index is 1.60. The summed E-state index contributed by atoms with van der Waals surface area (Å²) in [5.41, 5.74) is 4.13. The van der Waals surface area contributed by atoms with Crippen molar-refractivity contribution in [2.24, 2.45) is 0 Å². The third kappa shape index (κ3) is 3.51. The van der Waals surface area contributed by atoms with Gasteiger partial charge in [0.15, 0.2) is 10.0 Å². The van der Waals surface area contributed by atoms with E-state index in [9.17, 15) is 0 Å². The third-order valence-corrected chi connectivity index (χ3v) is 6.07. The van der Waals surface area contributed by atoms with E-state index in [0.29, 0.717) is 0 Å². The highest BCUT2D eigenvalue weighted by molar-refractivity contribution is 9.10. The van der Waals surface area contributed by atoms with Gasteiger partial charge in [-0.15, -0.1) is 22.7 Å².